The quantitative estimate of drug-likeness (QED) is 0.916. The van der Waals surface area contributed by atoms with Crippen LogP contribution in [0.15, 0.2) is 0 Å². The largest absolute Gasteiger partial charge is 0.374 e. The third kappa shape index (κ3) is 2.58. The lowest BCUT2D eigenvalue weighted by atomic mass is 9.71. The maximum absolute atomic E-state index is 12.6. The van der Waals surface area contributed by atoms with E-state index in [-0.39, 0.29) is 0 Å². The van der Waals surface area contributed by atoms with Crippen molar-refractivity contribution in [2.75, 3.05) is 23.7 Å². The fraction of sp³-hybridized carbons (Fsp3) is 0.812. The predicted molar refractivity (Wildman–Crippen MR) is 91.3 cm³/mol. The molecule has 3 fully saturated rings. The molecule has 0 spiro atoms. The second-order valence-corrected chi connectivity index (χ2v) is 8.19. The molecule has 0 aliphatic carbocycles. The van der Waals surface area contributed by atoms with Crippen LogP contribution in [0.3, 0.4) is 0 Å². The van der Waals surface area contributed by atoms with E-state index in [2.05, 4.69) is 26.9 Å². The van der Waals surface area contributed by atoms with Gasteiger partial charge in [0.15, 0.2) is 0 Å². The van der Waals surface area contributed by atoms with Gasteiger partial charge < -0.3 is 15.5 Å². The molecule has 4 atom stereocenters. The molecule has 0 aromatic carbocycles. The van der Waals surface area contributed by atoms with Gasteiger partial charge in [0.1, 0.15) is 0 Å². The fourth-order valence-electron chi connectivity index (χ4n) is 4.95. The normalized spacial score (nSPS) is 33.7. The third-order valence-corrected chi connectivity index (χ3v) is 6.59. The van der Waals surface area contributed by atoms with Crippen LogP contribution < -0.4 is 10.6 Å². The lowest BCUT2D eigenvalue weighted by Gasteiger charge is -2.56. The molecule has 7 heteroatoms. The monoisotopic (exact) mass is 335 g/mol. The van der Waals surface area contributed by atoms with Crippen LogP contribution in [0.2, 0.25) is 0 Å². The van der Waals surface area contributed by atoms with E-state index in [9.17, 15) is 4.79 Å². The Morgan fingerprint density at radius 1 is 1.30 bits per heavy atom. The summed E-state index contributed by atoms with van der Waals surface area (Å²) < 4.78 is 0. The summed E-state index contributed by atoms with van der Waals surface area (Å²) in [5, 5.41) is 9.70. The first-order valence-electron chi connectivity index (χ1n) is 8.82. The number of carbonyl (C=O) groups excluding carboxylic acids is 1. The number of amides is 1. The van der Waals surface area contributed by atoms with Gasteiger partial charge in [0.25, 0.3) is 0 Å². The Morgan fingerprint density at radius 2 is 2.13 bits per heavy atom. The number of aromatic nitrogens is 2. The molecular formula is C16H25N5OS. The van der Waals surface area contributed by atoms with Crippen molar-refractivity contribution < 1.29 is 4.79 Å². The maximum Gasteiger partial charge on any atom is 0.223 e. The number of rotatable bonds is 3. The minimum absolute atomic E-state index is 0.392. The molecule has 4 heterocycles. The van der Waals surface area contributed by atoms with Gasteiger partial charge in [-0.15, -0.1) is 10.2 Å². The molecular weight excluding hydrogens is 310 g/mol. The molecule has 1 amide bonds. The lowest BCUT2D eigenvalue weighted by molar-refractivity contribution is -0.149. The number of hydrogen-bond acceptors (Lipinski definition) is 6. The van der Waals surface area contributed by atoms with Crippen LogP contribution in [0.25, 0.3) is 0 Å². The molecule has 1 aromatic heterocycles. The fourth-order valence-corrected chi connectivity index (χ4v) is 5.58. The lowest BCUT2D eigenvalue weighted by Crippen LogP contribution is -2.65. The standard InChI is InChI=1S/C16H25N5OS/c1-2-4-12-10-7-11(13-5-3-6-14(22)21(12)13)9-20(8-10)16-19-18-15(17)23-16/h10-13H,2-9H2,1H3,(H2,17,18)/t10-,11+,12-,13-/m0/s1. The van der Waals surface area contributed by atoms with Crippen LogP contribution in [0.4, 0.5) is 10.3 Å². The Hall–Kier alpha value is -1.37. The number of carbonyl (C=O) groups is 1. The van der Waals surface area contributed by atoms with Crippen molar-refractivity contribution in [1.82, 2.24) is 15.1 Å². The molecule has 3 aliphatic rings. The Morgan fingerprint density at radius 3 is 2.87 bits per heavy atom. The highest BCUT2D eigenvalue weighted by Gasteiger charge is 2.49. The number of nitrogens with two attached hydrogens (primary N) is 1. The second-order valence-electron chi connectivity index (χ2n) is 7.20. The zero-order valence-corrected chi connectivity index (χ0v) is 14.5. The van der Waals surface area contributed by atoms with Gasteiger partial charge in [-0.05, 0) is 37.5 Å². The van der Waals surface area contributed by atoms with Gasteiger partial charge in [-0.3, -0.25) is 4.79 Å². The molecule has 2 bridgehead atoms. The molecule has 1 aromatic rings. The van der Waals surface area contributed by atoms with E-state index in [1.54, 1.807) is 0 Å². The summed E-state index contributed by atoms with van der Waals surface area (Å²) in [4.78, 5) is 17.2. The topological polar surface area (TPSA) is 75.4 Å². The highest BCUT2D eigenvalue weighted by Crippen LogP contribution is 2.44. The first-order valence-corrected chi connectivity index (χ1v) is 9.64. The number of nitrogen functional groups attached to an aromatic ring is 1. The van der Waals surface area contributed by atoms with Gasteiger partial charge in [-0.25, -0.2) is 0 Å². The van der Waals surface area contributed by atoms with Crippen LogP contribution in [0.5, 0.6) is 0 Å². The molecule has 0 saturated carbocycles. The van der Waals surface area contributed by atoms with Crippen molar-refractivity contribution in [3.8, 4) is 0 Å². The van der Waals surface area contributed by atoms with E-state index in [1.165, 1.54) is 17.8 Å². The number of fused-ring (bicyclic) bond motifs is 4. The van der Waals surface area contributed by atoms with Crippen molar-refractivity contribution in [3.05, 3.63) is 0 Å². The molecule has 126 valence electrons. The van der Waals surface area contributed by atoms with E-state index in [1.807, 2.05) is 0 Å². The SMILES string of the molecule is CCC[C@H]1[C@H]2C[C@H](CN(c3nnc(N)s3)C2)[C@@H]2CCCC(=O)N21. The van der Waals surface area contributed by atoms with Gasteiger partial charge in [0.2, 0.25) is 16.2 Å². The molecule has 3 aliphatic heterocycles. The Bertz CT molecular complexity index is 591. The van der Waals surface area contributed by atoms with E-state index < -0.39 is 0 Å². The summed E-state index contributed by atoms with van der Waals surface area (Å²) in [5.41, 5.74) is 5.77. The van der Waals surface area contributed by atoms with Crippen molar-refractivity contribution in [3.63, 3.8) is 0 Å². The third-order valence-electron chi connectivity index (χ3n) is 5.78. The van der Waals surface area contributed by atoms with Gasteiger partial charge >= 0.3 is 0 Å². The van der Waals surface area contributed by atoms with Crippen molar-refractivity contribution in [1.29, 1.82) is 0 Å². The molecule has 4 rings (SSSR count). The predicted octanol–water partition coefficient (Wildman–Crippen LogP) is 2.13. The van der Waals surface area contributed by atoms with Crippen molar-refractivity contribution in [2.24, 2.45) is 11.8 Å². The summed E-state index contributed by atoms with van der Waals surface area (Å²) in [7, 11) is 0. The Balaban J connectivity index is 1.62. The first-order chi connectivity index (χ1) is 11.2. The first kappa shape index (κ1) is 15.2. The second kappa shape index (κ2) is 5.92. The van der Waals surface area contributed by atoms with E-state index in [0.29, 0.717) is 35.0 Å². The number of nitrogens with zero attached hydrogens (tertiary/aromatic N) is 4. The van der Waals surface area contributed by atoms with Crippen LogP contribution >= 0.6 is 11.3 Å². The number of piperidine rings is 3. The molecule has 2 N–H and O–H groups in total. The van der Waals surface area contributed by atoms with Gasteiger partial charge in [-0.2, -0.15) is 0 Å². The van der Waals surface area contributed by atoms with Crippen molar-refractivity contribution >= 4 is 27.5 Å². The van der Waals surface area contributed by atoms with Crippen LogP contribution in [-0.4, -0.2) is 46.2 Å². The van der Waals surface area contributed by atoms with Crippen molar-refractivity contribution in [2.45, 2.75) is 57.5 Å². The smallest absolute Gasteiger partial charge is 0.223 e. The van der Waals surface area contributed by atoms with Gasteiger partial charge in [-0.1, -0.05) is 24.7 Å². The maximum atomic E-state index is 12.6. The Labute approximate surface area is 141 Å². The summed E-state index contributed by atoms with van der Waals surface area (Å²) in [6.07, 6.45) is 6.46. The van der Waals surface area contributed by atoms with Gasteiger partial charge in [0, 0.05) is 31.6 Å². The van der Waals surface area contributed by atoms with E-state index in [4.69, 9.17) is 5.73 Å². The van der Waals surface area contributed by atoms with Crippen LogP contribution in [0, 0.1) is 11.8 Å². The van der Waals surface area contributed by atoms with E-state index >= 15 is 0 Å². The highest BCUT2D eigenvalue weighted by atomic mass is 32.1. The van der Waals surface area contributed by atoms with Gasteiger partial charge in [0.05, 0.1) is 0 Å². The Kier molecular flexibility index (Phi) is 3.91. The van der Waals surface area contributed by atoms with Crippen LogP contribution in [0.1, 0.15) is 45.4 Å². The summed E-state index contributed by atoms with van der Waals surface area (Å²) in [6.45, 7) is 4.19. The average Bonchev–Trinajstić information content (AvgIpc) is 2.98. The summed E-state index contributed by atoms with van der Waals surface area (Å²) in [6, 6.07) is 0.833. The number of anilines is 2. The zero-order valence-electron chi connectivity index (χ0n) is 13.6. The number of hydrogen-bond donors (Lipinski definition) is 1. The average molecular weight is 335 g/mol. The zero-order chi connectivity index (χ0) is 16.0. The van der Waals surface area contributed by atoms with Crippen LogP contribution in [-0.2, 0) is 4.79 Å². The summed E-state index contributed by atoms with van der Waals surface area (Å²) in [5.74, 6) is 1.51. The molecule has 0 unspecified atom stereocenters. The summed E-state index contributed by atoms with van der Waals surface area (Å²) >= 11 is 1.48. The van der Waals surface area contributed by atoms with E-state index in [0.717, 1.165) is 50.3 Å². The molecule has 3 saturated heterocycles. The minimum Gasteiger partial charge on any atom is -0.374 e. The highest BCUT2D eigenvalue weighted by molar-refractivity contribution is 7.18. The molecule has 0 radical (unpaired) electrons. The molecule has 6 nitrogen and oxygen atoms in total. The minimum atomic E-state index is 0.392. The molecule has 23 heavy (non-hydrogen) atoms.